The second-order valence-corrected chi connectivity index (χ2v) is 8.04. The molecule has 0 saturated carbocycles. The van der Waals surface area contributed by atoms with Crippen LogP contribution in [0.4, 0.5) is 0 Å². The third-order valence-electron chi connectivity index (χ3n) is 4.71. The van der Waals surface area contributed by atoms with Crippen molar-refractivity contribution in [2.24, 2.45) is 0 Å². The van der Waals surface area contributed by atoms with Crippen LogP contribution >= 0.6 is 0 Å². The average Bonchev–Trinajstić information content (AvgIpc) is 3.20. The van der Waals surface area contributed by atoms with Crippen LogP contribution in [-0.2, 0) is 33.2 Å². The number of rotatable bonds is 5. The number of hydrogen-bond acceptors (Lipinski definition) is 7. The smallest absolute Gasteiger partial charge is 0.297 e. The minimum atomic E-state index is -3.85. The van der Waals surface area contributed by atoms with Gasteiger partial charge in [0.1, 0.15) is 24.4 Å². The summed E-state index contributed by atoms with van der Waals surface area (Å²) in [4.78, 5) is 0.125. The van der Waals surface area contributed by atoms with Gasteiger partial charge in [0, 0.05) is 6.61 Å². The van der Waals surface area contributed by atoms with E-state index in [2.05, 4.69) is 0 Å². The van der Waals surface area contributed by atoms with Crippen molar-refractivity contribution in [2.75, 3.05) is 19.8 Å². The fourth-order valence-electron chi connectivity index (χ4n) is 3.45. The molecule has 3 aliphatic heterocycles. The summed E-state index contributed by atoms with van der Waals surface area (Å²) >= 11 is 0. The van der Waals surface area contributed by atoms with E-state index in [1.165, 1.54) is 12.1 Å². The molecule has 4 rings (SSSR count). The minimum absolute atomic E-state index is 0.125. The van der Waals surface area contributed by atoms with E-state index in [0.717, 1.165) is 19.3 Å². The summed E-state index contributed by atoms with van der Waals surface area (Å²) in [6, 6.07) is 8.08. The van der Waals surface area contributed by atoms with Gasteiger partial charge in [0.2, 0.25) is 0 Å². The fraction of sp³-hybridized carbons (Fsp3) is 0.647. The van der Waals surface area contributed by atoms with Gasteiger partial charge in [-0.1, -0.05) is 18.2 Å². The Morgan fingerprint density at radius 3 is 2.36 bits per heavy atom. The zero-order chi connectivity index (χ0) is 17.3. The Morgan fingerprint density at radius 2 is 1.64 bits per heavy atom. The molecule has 138 valence electrons. The first-order valence-electron chi connectivity index (χ1n) is 8.62. The van der Waals surface area contributed by atoms with Crippen LogP contribution in [0.15, 0.2) is 35.2 Å². The largest absolute Gasteiger partial charge is 0.370 e. The van der Waals surface area contributed by atoms with E-state index >= 15 is 0 Å². The molecule has 0 radical (unpaired) electrons. The Balaban J connectivity index is 1.38. The van der Waals surface area contributed by atoms with Crippen LogP contribution in [0.3, 0.4) is 0 Å². The van der Waals surface area contributed by atoms with Gasteiger partial charge < -0.3 is 18.9 Å². The summed E-state index contributed by atoms with van der Waals surface area (Å²) in [5, 5.41) is 0. The van der Waals surface area contributed by atoms with Crippen molar-refractivity contribution in [3.05, 3.63) is 30.3 Å². The molecule has 1 unspecified atom stereocenters. The summed E-state index contributed by atoms with van der Waals surface area (Å²) in [6.07, 6.45) is 1.03. The second kappa shape index (κ2) is 7.30. The van der Waals surface area contributed by atoms with Gasteiger partial charge in [0.25, 0.3) is 10.1 Å². The van der Waals surface area contributed by atoms with Gasteiger partial charge in [-0.15, -0.1) is 0 Å². The number of fused-ring (bicyclic) bond motifs is 1. The van der Waals surface area contributed by atoms with Gasteiger partial charge in [-0.3, -0.25) is 4.18 Å². The maximum absolute atomic E-state index is 12.4. The molecule has 0 amide bonds. The van der Waals surface area contributed by atoms with Gasteiger partial charge in [-0.25, -0.2) is 0 Å². The van der Waals surface area contributed by atoms with Crippen LogP contribution in [0.25, 0.3) is 0 Å². The Kier molecular flexibility index (Phi) is 5.08. The number of hydrogen-bond donors (Lipinski definition) is 0. The van der Waals surface area contributed by atoms with E-state index in [0.29, 0.717) is 13.2 Å². The highest BCUT2D eigenvalue weighted by molar-refractivity contribution is 7.86. The third-order valence-corrected chi connectivity index (χ3v) is 6.06. The van der Waals surface area contributed by atoms with Gasteiger partial charge >= 0.3 is 0 Å². The molecule has 3 aliphatic rings. The van der Waals surface area contributed by atoms with E-state index in [1.807, 2.05) is 0 Å². The second-order valence-electron chi connectivity index (χ2n) is 6.47. The van der Waals surface area contributed by atoms with Crippen LogP contribution in [0.5, 0.6) is 0 Å². The fourth-order valence-corrected chi connectivity index (χ4v) is 4.54. The summed E-state index contributed by atoms with van der Waals surface area (Å²) in [5.41, 5.74) is 0. The van der Waals surface area contributed by atoms with Crippen molar-refractivity contribution in [1.29, 1.82) is 0 Å². The standard InChI is InChI=1S/C17H22O7S/c18-25(19,12-6-2-1-3-7-12)24-14-11-22-16-13(10-21-17(14)16)23-15-8-4-5-9-20-15/h1-3,6-7,13-17H,4-5,8-11H2/t13-,14+,15?,16-,17-/m1/s1. The Bertz CT molecular complexity index is 671. The van der Waals surface area contributed by atoms with E-state index in [1.54, 1.807) is 18.2 Å². The molecule has 8 heteroatoms. The molecule has 3 saturated heterocycles. The van der Waals surface area contributed by atoms with Crippen LogP contribution in [0, 0.1) is 0 Å². The summed E-state index contributed by atoms with van der Waals surface area (Å²) in [5.74, 6) is 0. The van der Waals surface area contributed by atoms with E-state index in [-0.39, 0.29) is 30.0 Å². The molecule has 25 heavy (non-hydrogen) atoms. The first-order chi connectivity index (χ1) is 12.1. The number of ether oxygens (including phenoxy) is 4. The molecule has 0 N–H and O–H groups in total. The van der Waals surface area contributed by atoms with E-state index in [9.17, 15) is 8.42 Å². The molecule has 0 aromatic heterocycles. The topological polar surface area (TPSA) is 80.3 Å². The SMILES string of the molecule is O=S(=O)(O[C@H]1CO[C@H]2[C@@H]1OC[C@H]2OC1CCCCO1)c1ccccc1. The highest BCUT2D eigenvalue weighted by Gasteiger charge is 2.51. The lowest BCUT2D eigenvalue weighted by Gasteiger charge is -2.27. The normalized spacial score (nSPS) is 35.6. The lowest BCUT2D eigenvalue weighted by Crippen LogP contribution is -2.37. The van der Waals surface area contributed by atoms with Crippen molar-refractivity contribution in [1.82, 2.24) is 0 Å². The molecule has 1 aromatic carbocycles. The molecular weight excluding hydrogens is 348 g/mol. The van der Waals surface area contributed by atoms with Crippen LogP contribution in [0.2, 0.25) is 0 Å². The van der Waals surface area contributed by atoms with Crippen LogP contribution in [-0.4, -0.2) is 58.9 Å². The van der Waals surface area contributed by atoms with Crippen molar-refractivity contribution < 1.29 is 31.5 Å². The van der Waals surface area contributed by atoms with Crippen LogP contribution < -0.4 is 0 Å². The van der Waals surface area contributed by atoms with Crippen molar-refractivity contribution >= 4 is 10.1 Å². The molecule has 0 aliphatic carbocycles. The molecule has 7 nitrogen and oxygen atoms in total. The Morgan fingerprint density at radius 1 is 0.920 bits per heavy atom. The maximum atomic E-state index is 12.4. The summed E-state index contributed by atoms with van der Waals surface area (Å²) in [6.45, 7) is 1.21. The minimum Gasteiger partial charge on any atom is -0.370 e. The Hall–Kier alpha value is -1.03. The van der Waals surface area contributed by atoms with Crippen molar-refractivity contribution in [3.63, 3.8) is 0 Å². The highest BCUT2D eigenvalue weighted by atomic mass is 32.2. The molecule has 0 bridgehead atoms. The predicted molar refractivity (Wildman–Crippen MR) is 86.4 cm³/mol. The van der Waals surface area contributed by atoms with Crippen molar-refractivity contribution in [2.45, 2.75) is 54.9 Å². The van der Waals surface area contributed by atoms with Gasteiger partial charge in [0.05, 0.1) is 18.1 Å². The van der Waals surface area contributed by atoms with Crippen molar-refractivity contribution in [3.8, 4) is 0 Å². The zero-order valence-electron chi connectivity index (χ0n) is 13.8. The number of benzene rings is 1. The quantitative estimate of drug-likeness (QED) is 0.726. The molecule has 3 fully saturated rings. The monoisotopic (exact) mass is 370 g/mol. The zero-order valence-corrected chi connectivity index (χ0v) is 14.6. The van der Waals surface area contributed by atoms with Gasteiger partial charge in [0.15, 0.2) is 6.29 Å². The summed E-state index contributed by atoms with van der Waals surface area (Å²) < 4.78 is 53.2. The lowest BCUT2D eigenvalue weighted by atomic mass is 10.1. The predicted octanol–water partition coefficient (Wildman–Crippen LogP) is 1.47. The Labute approximate surface area is 147 Å². The van der Waals surface area contributed by atoms with Gasteiger partial charge in [-0.05, 0) is 31.4 Å². The maximum Gasteiger partial charge on any atom is 0.297 e. The lowest BCUT2D eigenvalue weighted by molar-refractivity contribution is -0.202. The third kappa shape index (κ3) is 3.74. The first kappa shape index (κ1) is 17.4. The molecular formula is C17H22O7S. The highest BCUT2D eigenvalue weighted by Crippen LogP contribution is 2.33. The van der Waals surface area contributed by atoms with Gasteiger partial charge in [-0.2, -0.15) is 8.42 Å². The molecule has 0 spiro atoms. The van der Waals surface area contributed by atoms with E-state index in [4.69, 9.17) is 23.1 Å². The van der Waals surface area contributed by atoms with Crippen LogP contribution in [0.1, 0.15) is 19.3 Å². The molecule has 1 aromatic rings. The average molecular weight is 370 g/mol. The molecule has 5 atom stereocenters. The van der Waals surface area contributed by atoms with E-state index < -0.39 is 22.3 Å². The molecule has 3 heterocycles. The summed E-state index contributed by atoms with van der Waals surface area (Å²) in [7, 11) is -3.85. The first-order valence-corrected chi connectivity index (χ1v) is 10.0.